The molecule has 1 saturated carbocycles. The molecule has 0 aromatic carbocycles. The molecule has 1 heterocycles. The van der Waals surface area contributed by atoms with Crippen molar-refractivity contribution in [3.63, 3.8) is 0 Å². The minimum absolute atomic E-state index is 0.240. The molecule has 0 aliphatic heterocycles. The minimum atomic E-state index is -4.31. The summed E-state index contributed by atoms with van der Waals surface area (Å²) in [4.78, 5) is 0.0268. The fraction of sp³-hybridized carbons (Fsp3) is 0.692. The van der Waals surface area contributed by atoms with Crippen molar-refractivity contribution in [3.05, 3.63) is 21.9 Å². The summed E-state index contributed by atoms with van der Waals surface area (Å²) < 4.78 is 52.7. The maximum Gasteiger partial charge on any atom is 0.425 e. The van der Waals surface area contributed by atoms with Crippen molar-refractivity contribution in [2.75, 3.05) is 0 Å². The zero-order valence-corrected chi connectivity index (χ0v) is 13.2. The molecular formula is C13H18F3NOS2. The molecule has 7 heteroatoms. The predicted octanol–water partition coefficient (Wildman–Crippen LogP) is 4.27. The lowest BCUT2D eigenvalue weighted by Crippen LogP contribution is -2.41. The average molecular weight is 325 g/mol. The van der Waals surface area contributed by atoms with Crippen LogP contribution >= 0.6 is 11.3 Å². The smallest absolute Gasteiger partial charge is 0.425 e. The molecular weight excluding hydrogens is 307 g/mol. The van der Waals surface area contributed by atoms with Crippen LogP contribution in [0.15, 0.2) is 12.1 Å². The van der Waals surface area contributed by atoms with Gasteiger partial charge in [-0.3, -0.25) is 0 Å². The number of alkyl halides is 3. The van der Waals surface area contributed by atoms with Crippen LogP contribution in [-0.4, -0.2) is 9.30 Å². The first-order chi connectivity index (χ1) is 9.09. The van der Waals surface area contributed by atoms with Crippen molar-refractivity contribution >= 4 is 22.7 Å². The summed E-state index contributed by atoms with van der Waals surface area (Å²) in [6.45, 7) is 5.53. The van der Waals surface area contributed by atoms with Crippen LogP contribution in [0.2, 0.25) is 0 Å². The van der Waals surface area contributed by atoms with Gasteiger partial charge in [0.25, 0.3) is 0 Å². The van der Waals surface area contributed by atoms with Crippen LogP contribution in [0.25, 0.3) is 0 Å². The zero-order valence-electron chi connectivity index (χ0n) is 11.6. The standard InChI is InChI=1S/C13H18F3NOS2/c1-12(2,3)20(18)17-11(8-4-5-8)9-6-7-10(19-9)13(14,15)16/h6-8,11,17H,4-5H2,1-3H3/t11-,20+/m1/s1. The molecule has 0 amide bonds. The van der Waals surface area contributed by atoms with Crippen molar-refractivity contribution in [1.29, 1.82) is 0 Å². The Bertz CT molecular complexity index is 463. The first kappa shape index (κ1) is 16.1. The number of rotatable bonds is 4. The van der Waals surface area contributed by atoms with Gasteiger partial charge in [-0.25, -0.2) is 0 Å². The molecule has 1 aliphatic rings. The van der Waals surface area contributed by atoms with Gasteiger partial charge in [-0.1, -0.05) is 0 Å². The molecule has 1 aliphatic carbocycles. The van der Waals surface area contributed by atoms with Gasteiger partial charge in [0.05, 0.1) is 6.04 Å². The lowest BCUT2D eigenvalue weighted by molar-refractivity contribution is -0.134. The highest BCUT2D eigenvalue weighted by molar-refractivity contribution is 7.90. The Morgan fingerprint density at radius 3 is 2.30 bits per heavy atom. The van der Waals surface area contributed by atoms with Crippen LogP contribution in [0.1, 0.15) is 49.4 Å². The van der Waals surface area contributed by atoms with Crippen molar-refractivity contribution in [3.8, 4) is 0 Å². The van der Waals surface area contributed by atoms with Gasteiger partial charge in [0.15, 0.2) is 0 Å². The Morgan fingerprint density at radius 2 is 1.90 bits per heavy atom. The fourth-order valence-corrected chi connectivity index (χ4v) is 3.78. The van der Waals surface area contributed by atoms with Gasteiger partial charge in [0, 0.05) is 16.2 Å². The molecule has 1 N–H and O–H groups in total. The van der Waals surface area contributed by atoms with E-state index >= 15 is 0 Å². The zero-order chi connectivity index (χ0) is 15.1. The van der Waals surface area contributed by atoms with Gasteiger partial charge in [0.2, 0.25) is 0 Å². The first-order valence-corrected chi connectivity index (χ1v) is 8.40. The number of thiophene rings is 1. The van der Waals surface area contributed by atoms with E-state index in [1.54, 1.807) is 0 Å². The molecule has 0 saturated heterocycles. The summed E-state index contributed by atoms with van der Waals surface area (Å²) in [5.74, 6) is 0.293. The van der Waals surface area contributed by atoms with Crippen LogP contribution in [0, 0.1) is 5.92 Å². The van der Waals surface area contributed by atoms with E-state index in [1.807, 2.05) is 20.8 Å². The topological polar surface area (TPSA) is 35.1 Å². The molecule has 0 unspecified atom stereocenters. The van der Waals surface area contributed by atoms with Crippen molar-refractivity contribution in [1.82, 2.24) is 4.72 Å². The molecule has 1 aromatic rings. The lowest BCUT2D eigenvalue weighted by atomic mass is 10.1. The second-order valence-electron chi connectivity index (χ2n) is 6.01. The van der Waals surface area contributed by atoms with Crippen LogP contribution in [-0.2, 0) is 17.5 Å². The Labute approximate surface area is 124 Å². The molecule has 1 aromatic heterocycles. The van der Waals surface area contributed by atoms with Gasteiger partial charge in [0.1, 0.15) is 9.62 Å². The van der Waals surface area contributed by atoms with E-state index in [0.717, 1.165) is 30.2 Å². The van der Waals surface area contributed by atoms with E-state index in [4.69, 9.17) is 0 Å². The monoisotopic (exact) mass is 325 g/mol. The molecule has 114 valence electrons. The van der Waals surface area contributed by atoms with E-state index in [-0.39, 0.29) is 6.04 Å². The second kappa shape index (κ2) is 5.51. The summed E-state index contributed by atoms with van der Waals surface area (Å²) in [5, 5.41) is 0. The molecule has 20 heavy (non-hydrogen) atoms. The predicted molar refractivity (Wildman–Crippen MR) is 75.8 cm³/mol. The van der Waals surface area contributed by atoms with E-state index in [2.05, 4.69) is 4.72 Å². The van der Waals surface area contributed by atoms with E-state index in [9.17, 15) is 17.7 Å². The quantitative estimate of drug-likeness (QED) is 0.839. The van der Waals surface area contributed by atoms with Gasteiger partial charge < -0.3 is 4.55 Å². The number of hydrogen-bond donors (Lipinski definition) is 1. The second-order valence-corrected chi connectivity index (χ2v) is 9.13. The molecule has 0 spiro atoms. The Kier molecular flexibility index (Phi) is 4.45. The van der Waals surface area contributed by atoms with Gasteiger partial charge in [-0.15, -0.1) is 16.1 Å². The highest BCUT2D eigenvalue weighted by Crippen LogP contribution is 2.45. The van der Waals surface area contributed by atoms with Crippen LogP contribution in [0.4, 0.5) is 13.2 Å². The maximum absolute atomic E-state index is 12.7. The molecule has 2 atom stereocenters. The van der Waals surface area contributed by atoms with Crippen molar-refractivity contribution in [2.24, 2.45) is 5.92 Å². The van der Waals surface area contributed by atoms with Crippen molar-refractivity contribution < 1.29 is 17.7 Å². The number of halogens is 3. The third kappa shape index (κ3) is 3.90. The highest BCUT2D eigenvalue weighted by atomic mass is 32.2. The molecule has 2 rings (SSSR count). The third-order valence-corrected chi connectivity index (χ3v) is 5.89. The van der Waals surface area contributed by atoms with Crippen LogP contribution < -0.4 is 4.72 Å². The third-order valence-electron chi connectivity index (χ3n) is 3.10. The van der Waals surface area contributed by atoms with E-state index in [1.165, 1.54) is 6.07 Å². The summed E-state index contributed by atoms with van der Waals surface area (Å²) in [7, 11) is 0. The van der Waals surface area contributed by atoms with Crippen LogP contribution in [0.5, 0.6) is 0 Å². The Morgan fingerprint density at radius 1 is 1.30 bits per heavy atom. The highest BCUT2D eigenvalue weighted by Gasteiger charge is 2.40. The summed E-state index contributed by atoms with van der Waals surface area (Å²) in [6, 6.07) is 2.37. The van der Waals surface area contributed by atoms with Gasteiger partial charge in [-0.2, -0.15) is 13.2 Å². The number of nitrogens with one attached hydrogen (secondary N) is 1. The molecule has 2 nitrogen and oxygen atoms in total. The van der Waals surface area contributed by atoms with E-state index in [0.29, 0.717) is 10.8 Å². The maximum atomic E-state index is 12.7. The Balaban J connectivity index is 2.15. The van der Waals surface area contributed by atoms with Crippen LogP contribution in [0.3, 0.4) is 0 Å². The average Bonchev–Trinajstić information content (AvgIpc) is 2.99. The normalized spacial score (nSPS) is 19.9. The minimum Gasteiger partial charge on any atom is -0.598 e. The lowest BCUT2D eigenvalue weighted by Gasteiger charge is -2.27. The Hall–Kier alpha value is -0.240. The fourth-order valence-electron chi connectivity index (χ4n) is 1.78. The van der Waals surface area contributed by atoms with E-state index < -0.39 is 27.2 Å². The number of hydrogen-bond acceptors (Lipinski definition) is 3. The molecule has 0 radical (unpaired) electrons. The largest absolute Gasteiger partial charge is 0.598 e. The summed E-state index contributed by atoms with van der Waals surface area (Å²) >= 11 is -0.538. The van der Waals surface area contributed by atoms with Crippen molar-refractivity contribution in [2.45, 2.75) is 50.6 Å². The molecule has 0 bridgehead atoms. The van der Waals surface area contributed by atoms with Gasteiger partial charge >= 0.3 is 6.18 Å². The summed E-state index contributed by atoms with van der Waals surface area (Å²) in [5.41, 5.74) is 0. The van der Waals surface area contributed by atoms with Gasteiger partial charge in [-0.05, 0) is 51.7 Å². The first-order valence-electron chi connectivity index (χ1n) is 6.44. The summed E-state index contributed by atoms with van der Waals surface area (Å²) in [6.07, 6.45) is -2.36. The SMILES string of the molecule is CC(C)(C)[S@+]([O-])N[C@@H](c1ccc(C(F)(F)F)s1)C1CC1. The molecule has 1 fully saturated rings.